The highest BCUT2D eigenvalue weighted by atomic mass is 16.4. The van der Waals surface area contributed by atoms with Crippen molar-refractivity contribution in [2.75, 3.05) is 0 Å². The molecule has 0 aliphatic heterocycles. The maximum atomic E-state index is 11.4. The normalized spacial score (nSPS) is 34.4. The monoisotopic (exact) mass is 202 g/mol. The van der Waals surface area contributed by atoms with E-state index in [4.69, 9.17) is 0 Å². The lowest BCUT2D eigenvalue weighted by atomic mass is 9.89. The van der Waals surface area contributed by atoms with Gasteiger partial charge in [-0.05, 0) is 23.0 Å². The van der Waals surface area contributed by atoms with E-state index >= 15 is 0 Å². The Bertz CT molecular complexity index is 461. The number of benzene rings is 1. The molecule has 1 aromatic rings. The van der Waals surface area contributed by atoms with Crippen LogP contribution >= 0.6 is 0 Å². The second-order valence-electron chi connectivity index (χ2n) is 5.31. The average molecular weight is 202 g/mol. The lowest BCUT2D eigenvalue weighted by molar-refractivity contribution is -0.144. The molecule has 0 spiro atoms. The van der Waals surface area contributed by atoms with Gasteiger partial charge in [0.1, 0.15) is 0 Å². The van der Waals surface area contributed by atoms with Crippen LogP contribution in [-0.2, 0) is 11.2 Å². The molecule has 2 aliphatic carbocycles. The molecule has 0 amide bonds. The molecule has 2 nitrogen and oxygen atoms in total. The molecule has 15 heavy (non-hydrogen) atoms. The second-order valence-corrected chi connectivity index (χ2v) is 5.31. The third-order valence-corrected chi connectivity index (χ3v) is 4.50. The summed E-state index contributed by atoms with van der Waals surface area (Å²) in [6, 6.07) is 8.14. The van der Waals surface area contributed by atoms with Crippen molar-refractivity contribution in [3.63, 3.8) is 0 Å². The molecule has 2 unspecified atom stereocenters. The minimum absolute atomic E-state index is 0.0762. The van der Waals surface area contributed by atoms with E-state index in [9.17, 15) is 9.90 Å². The van der Waals surface area contributed by atoms with E-state index in [0.29, 0.717) is 6.42 Å². The average Bonchev–Trinajstić information content (AvgIpc) is 2.56. The van der Waals surface area contributed by atoms with Gasteiger partial charge in [-0.1, -0.05) is 38.1 Å². The zero-order chi connectivity index (χ0) is 10.8. The summed E-state index contributed by atoms with van der Waals surface area (Å²) >= 11 is 0. The number of carboxylic acid groups (broad SMARTS) is 1. The van der Waals surface area contributed by atoms with Crippen LogP contribution in [0.4, 0.5) is 0 Å². The van der Waals surface area contributed by atoms with E-state index in [-0.39, 0.29) is 11.3 Å². The summed E-state index contributed by atoms with van der Waals surface area (Å²) in [5.74, 6) is -0.410. The molecule has 0 bridgehead atoms. The van der Waals surface area contributed by atoms with Crippen molar-refractivity contribution in [2.45, 2.75) is 26.2 Å². The zero-order valence-electron chi connectivity index (χ0n) is 8.95. The summed E-state index contributed by atoms with van der Waals surface area (Å²) in [4.78, 5) is 11.4. The van der Waals surface area contributed by atoms with Crippen LogP contribution in [0.3, 0.4) is 0 Å². The molecule has 78 valence electrons. The Kier molecular flexibility index (Phi) is 1.35. The number of rotatable bonds is 1. The third kappa shape index (κ3) is 0.760. The number of hydrogen-bond acceptors (Lipinski definition) is 1. The van der Waals surface area contributed by atoms with Crippen molar-refractivity contribution in [1.29, 1.82) is 0 Å². The first-order chi connectivity index (χ1) is 7.02. The van der Waals surface area contributed by atoms with Crippen molar-refractivity contribution < 1.29 is 9.90 Å². The van der Waals surface area contributed by atoms with Gasteiger partial charge in [0, 0.05) is 5.92 Å². The smallest absolute Gasteiger partial charge is 0.311 e. The van der Waals surface area contributed by atoms with Crippen LogP contribution in [0.15, 0.2) is 24.3 Å². The lowest BCUT2D eigenvalue weighted by Gasteiger charge is -2.15. The SMILES string of the molecule is CC1(C)C2c3ccccc3CC21C(=O)O. The third-order valence-electron chi connectivity index (χ3n) is 4.50. The van der Waals surface area contributed by atoms with Gasteiger partial charge < -0.3 is 5.11 Å². The Hall–Kier alpha value is -1.31. The van der Waals surface area contributed by atoms with Crippen LogP contribution < -0.4 is 0 Å². The highest BCUT2D eigenvalue weighted by molar-refractivity contribution is 5.85. The molecule has 2 atom stereocenters. The molecule has 0 aromatic heterocycles. The fourth-order valence-electron chi connectivity index (χ4n) is 3.59. The van der Waals surface area contributed by atoms with Crippen molar-refractivity contribution in [1.82, 2.24) is 0 Å². The number of aliphatic carboxylic acids is 1. The first kappa shape index (κ1) is 8.96. The number of carbonyl (C=O) groups is 1. The minimum atomic E-state index is -0.631. The van der Waals surface area contributed by atoms with E-state index < -0.39 is 11.4 Å². The van der Waals surface area contributed by atoms with Crippen LogP contribution in [0.2, 0.25) is 0 Å². The molecular formula is C13H14O2. The number of hydrogen-bond donors (Lipinski definition) is 1. The molecule has 0 radical (unpaired) electrons. The highest BCUT2D eigenvalue weighted by Crippen LogP contribution is 2.79. The Balaban J connectivity index is 2.16. The largest absolute Gasteiger partial charge is 0.481 e. The van der Waals surface area contributed by atoms with Crippen molar-refractivity contribution >= 4 is 5.97 Å². The molecule has 3 rings (SSSR count). The molecular weight excluding hydrogens is 188 g/mol. The molecule has 2 heteroatoms. The maximum absolute atomic E-state index is 11.4. The van der Waals surface area contributed by atoms with Gasteiger partial charge in [-0.25, -0.2) is 0 Å². The van der Waals surface area contributed by atoms with Gasteiger partial charge in [0.05, 0.1) is 5.41 Å². The van der Waals surface area contributed by atoms with Gasteiger partial charge in [0.2, 0.25) is 0 Å². The van der Waals surface area contributed by atoms with Crippen molar-refractivity contribution in [3.05, 3.63) is 35.4 Å². The first-order valence-electron chi connectivity index (χ1n) is 5.33. The van der Waals surface area contributed by atoms with Crippen LogP contribution in [0.5, 0.6) is 0 Å². The van der Waals surface area contributed by atoms with Crippen LogP contribution in [-0.4, -0.2) is 11.1 Å². The Labute approximate surface area is 88.9 Å². The molecule has 0 heterocycles. The predicted molar refractivity (Wildman–Crippen MR) is 56.7 cm³/mol. The van der Waals surface area contributed by atoms with Crippen LogP contribution in [0, 0.1) is 10.8 Å². The fourth-order valence-corrected chi connectivity index (χ4v) is 3.59. The van der Waals surface area contributed by atoms with Gasteiger partial charge in [0.25, 0.3) is 0 Å². The Morgan fingerprint density at radius 3 is 2.73 bits per heavy atom. The zero-order valence-corrected chi connectivity index (χ0v) is 8.95. The summed E-state index contributed by atoms with van der Waals surface area (Å²) in [7, 11) is 0. The van der Waals surface area contributed by atoms with Gasteiger partial charge in [-0.3, -0.25) is 4.79 Å². The number of carboxylic acids is 1. The van der Waals surface area contributed by atoms with Gasteiger partial charge in [0.15, 0.2) is 0 Å². The second kappa shape index (κ2) is 2.26. The molecule has 1 aromatic carbocycles. The van der Waals surface area contributed by atoms with Gasteiger partial charge in [-0.2, -0.15) is 0 Å². The van der Waals surface area contributed by atoms with Crippen molar-refractivity contribution in [2.24, 2.45) is 10.8 Å². The molecule has 1 N–H and O–H groups in total. The summed E-state index contributed by atoms with van der Waals surface area (Å²) in [6.45, 7) is 4.14. The van der Waals surface area contributed by atoms with Crippen molar-refractivity contribution in [3.8, 4) is 0 Å². The number of fused-ring (bicyclic) bond motifs is 3. The van der Waals surface area contributed by atoms with Gasteiger partial charge >= 0.3 is 5.97 Å². The first-order valence-corrected chi connectivity index (χ1v) is 5.33. The minimum Gasteiger partial charge on any atom is -0.481 e. The topological polar surface area (TPSA) is 37.3 Å². The molecule has 2 aliphatic rings. The quantitative estimate of drug-likeness (QED) is 0.759. The van der Waals surface area contributed by atoms with Crippen LogP contribution in [0.25, 0.3) is 0 Å². The molecule has 1 fully saturated rings. The summed E-state index contributed by atoms with van der Waals surface area (Å²) in [6.07, 6.45) is 0.705. The van der Waals surface area contributed by atoms with E-state index in [2.05, 4.69) is 26.0 Å². The van der Waals surface area contributed by atoms with E-state index in [0.717, 1.165) is 0 Å². The fraction of sp³-hybridized carbons (Fsp3) is 0.462. The predicted octanol–water partition coefficient (Wildman–Crippen LogP) is 2.44. The standard InChI is InChI=1S/C13H14O2/c1-12(2)10-9-6-4-3-5-8(9)7-13(10,12)11(14)15/h3-6,10H,7H2,1-2H3,(H,14,15). The Morgan fingerprint density at radius 2 is 2.07 bits per heavy atom. The van der Waals surface area contributed by atoms with Gasteiger partial charge in [-0.15, -0.1) is 0 Å². The molecule has 1 saturated carbocycles. The summed E-state index contributed by atoms with van der Waals surface area (Å²) in [5.41, 5.74) is 1.89. The van der Waals surface area contributed by atoms with E-state index in [1.807, 2.05) is 12.1 Å². The maximum Gasteiger partial charge on any atom is 0.311 e. The lowest BCUT2D eigenvalue weighted by Crippen LogP contribution is -2.22. The summed E-state index contributed by atoms with van der Waals surface area (Å²) < 4.78 is 0. The Morgan fingerprint density at radius 1 is 1.40 bits per heavy atom. The van der Waals surface area contributed by atoms with Crippen LogP contribution in [0.1, 0.15) is 30.9 Å². The molecule has 0 saturated heterocycles. The summed E-state index contributed by atoms with van der Waals surface area (Å²) in [5, 5.41) is 9.42. The van der Waals surface area contributed by atoms with E-state index in [1.165, 1.54) is 11.1 Å². The highest BCUT2D eigenvalue weighted by Gasteiger charge is 2.78. The van der Waals surface area contributed by atoms with E-state index in [1.54, 1.807) is 0 Å².